The van der Waals surface area contributed by atoms with Gasteiger partial charge in [0.25, 0.3) is 11.8 Å². The Kier molecular flexibility index (Phi) is 5.19. The summed E-state index contributed by atoms with van der Waals surface area (Å²) in [5, 5.41) is 11.7. The summed E-state index contributed by atoms with van der Waals surface area (Å²) < 4.78 is 5.77. The Hall–Kier alpha value is -3.73. The Labute approximate surface area is 182 Å². The van der Waals surface area contributed by atoms with Gasteiger partial charge in [-0.2, -0.15) is 5.26 Å². The number of thiocarbonyl (C=S) groups is 1. The third kappa shape index (κ3) is 3.62. The highest BCUT2D eigenvalue weighted by Crippen LogP contribution is 2.29. The first-order chi connectivity index (χ1) is 14.5. The molecule has 2 heterocycles. The number of rotatable bonds is 3. The number of halogens is 1. The van der Waals surface area contributed by atoms with Gasteiger partial charge in [-0.05, 0) is 66.8 Å². The fraction of sp³-hybridized carbons (Fsp3) is 0. The fourth-order valence-corrected chi connectivity index (χ4v) is 3.44. The van der Waals surface area contributed by atoms with Crippen molar-refractivity contribution in [2.24, 2.45) is 0 Å². The van der Waals surface area contributed by atoms with Gasteiger partial charge in [-0.25, -0.2) is 0 Å². The molecule has 1 N–H and O–H groups in total. The molecule has 146 valence electrons. The highest BCUT2D eigenvalue weighted by Gasteiger charge is 2.35. The molecule has 8 heteroatoms. The zero-order chi connectivity index (χ0) is 21.3. The molecule has 1 aliphatic rings. The number of furan rings is 1. The van der Waals surface area contributed by atoms with Gasteiger partial charge in [0.05, 0.1) is 22.3 Å². The van der Waals surface area contributed by atoms with Gasteiger partial charge in [0, 0.05) is 5.56 Å². The molecule has 2 amide bonds. The van der Waals surface area contributed by atoms with Crippen LogP contribution in [0.4, 0.5) is 5.69 Å². The van der Waals surface area contributed by atoms with Crippen LogP contribution in [-0.2, 0) is 9.59 Å². The first kappa shape index (κ1) is 19.6. The second kappa shape index (κ2) is 7.95. The number of nitrogens with zero attached hydrogens (tertiary/aromatic N) is 2. The summed E-state index contributed by atoms with van der Waals surface area (Å²) in [6.45, 7) is 0. The number of benzene rings is 2. The number of hydrogen-bond donors (Lipinski definition) is 1. The maximum absolute atomic E-state index is 13.0. The molecule has 0 radical (unpaired) electrons. The Bertz CT molecular complexity index is 1260. The summed E-state index contributed by atoms with van der Waals surface area (Å²) in [6.07, 6.45) is 1.36. The molecule has 2 aromatic carbocycles. The van der Waals surface area contributed by atoms with E-state index in [1.807, 2.05) is 0 Å². The van der Waals surface area contributed by atoms with Crippen LogP contribution in [0.15, 0.2) is 70.7 Å². The fourth-order valence-electron chi connectivity index (χ4n) is 2.95. The van der Waals surface area contributed by atoms with Crippen LogP contribution < -0.4 is 10.2 Å². The highest BCUT2D eigenvalue weighted by atomic mass is 35.5. The SMILES string of the molecule is N#Cc1ccc(-c2ccc(/C=C3\C(=O)NC(=S)N(c4ccccc4Cl)C3=O)o2)cc1. The minimum Gasteiger partial charge on any atom is -0.457 e. The number of amides is 2. The van der Waals surface area contributed by atoms with Crippen molar-refractivity contribution in [1.29, 1.82) is 5.26 Å². The molecule has 0 aliphatic carbocycles. The average molecular weight is 434 g/mol. The van der Waals surface area contributed by atoms with Gasteiger partial charge in [0.2, 0.25) is 0 Å². The maximum Gasteiger partial charge on any atom is 0.270 e. The van der Waals surface area contributed by atoms with Gasteiger partial charge < -0.3 is 4.42 Å². The Morgan fingerprint density at radius 3 is 2.50 bits per heavy atom. The van der Waals surface area contributed by atoms with E-state index in [4.69, 9.17) is 33.5 Å². The van der Waals surface area contributed by atoms with E-state index in [1.54, 1.807) is 60.7 Å². The van der Waals surface area contributed by atoms with Crippen LogP contribution in [0.2, 0.25) is 5.02 Å². The maximum atomic E-state index is 13.0. The topological polar surface area (TPSA) is 86.3 Å². The highest BCUT2D eigenvalue weighted by molar-refractivity contribution is 7.80. The third-order valence-electron chi connectivity index (χ3n) is 4.41. The molecule has 0 spiro atoms. The van der Waals surface area contributed by atoms with Gasteiger partial charge in [0.15, 0.2) is 5.11 Å². The zero-order valence-electron chi connectivity index (χ0n) is 15.3. The first-order valence-corrected chi connectivity index (χ1v) is 9.53. The van der Waals surface area contributed by atoms with E-state index in [0.717, 1.165) is 5.56 Å². The van der Waals surface area contributed by atoms with Crippen LogP contribution in [0.25, 0.3) is 17.4 Å². The van der Waals surface area contributed by atoms with Crippen LogP contribution in [-0.4, -0.2) is 16.9 Å². The van der Waals surface area contributed by atoms with E-state index < -0.39 is 11.8 Å². The molecule has 0 unspecified atom stereocenters. The van der Waals surface area contributed by atoms with Crippen molar-refractivity contribution < 1.29 is 14.0 Å². The lowest BCUT2D eigenvalue weighted by Crippen LogP contribution is -2.54. The lowest BCUT2D eigenvalue weighted by Gasteiger charge is -2.29. The van der Waals surface area contributed by atoms with E-state index in [0.29, 0.717) is 27.8 Å². The third-order valence-corrected chi connectivity index (χ3v) is 5.01. The molecule has 4 rings (SSSR count). The Morgan fingerprint density at radius 1 is 1.07 bits per heavy atom. The normalized spacial score (nSPS) is 15.3. The molecular weight excluding hydrogens is 422 g/mol. The summed E-state index contributed by atoms with van der Waals surface area (Å²) >= 11 is 11.4. The van der Waals surface area contributed by atoms with Crippen molar-refractivity contribution >= 4 is 52.5 Å². The predicted molar refractivity (Wildman–Crippen MR) is 117 cm³/mol. The first-order valence-electron chi connectivity index (χ1n) is 8.74. The van der Waals surface area contributed by atoms with Gasteiger partial charge in [0.1, 0.15) is 17.1 Å². The molecule has 6 nitrogen and oxygen atoms in total. The summed E-state index contributed by atoms with van der Waals surface area (Å²) in [5.74, 6) is -0.369. The number of carbonyl (C=O) groups excluding carboxylic acids is 2. The van der Waals surface area contributed by atoms with Crippen LogP contribution in [0.1, 0.15) is 11.3 Å². The van der Waals surface area contributed by atoms with E-state index in [9.17, 15) is 9.59 Å². The zero-order valence-corrected chi connectivity index (χ0v) is 16.8. The molecule has 1 fully saturated rings. The van der Waals surface area contributed by atoms with Gasteiger partial charge in [-0.1, -0.05) is 23.7 Å². The second-order valence-electron chi connectivity index (χ2n) is 6.30. The van der Waals surface area contributed by atoms with E-state index in [2.05, 4.69) is 11.4 Å². The standard InChI is InChI=1S/C22H12ClN3O3S/c23-17-3-1-2-4-18(17)26-21(28)16(20(27)25-22(26)30)11-15-9-10-19(29-15)14-7-5-13(12-24)6-8-14/h1-11H,(H,25,27,30)/b16-11+. The summed E-state index contributed by atoms with van der Waals surface area (Å²) in [4.78, 5) is 26.6. The number of nitriles is 1. The molecule has 3 aromatic rings. The molecule has 1 aromatic heterocycles. The predicted octanol–water partition coefficient (Wildman–Crippen LogP) is 4.30. The van der Waals surface area contributed by atoms with Crippen molar-refractivity contribution in [2.45, 2.75) is 0 Å². The Morgan fingerprint density at radius 2 is 1.80 bits per heavy atom. The summed E-state index contributed by atoms with van der Waals surface area (Å²) in [6, 6.07) is 19.0. The number of hydrogen-bond acceptors (Lipinski definition) is 5. The number of carbonyl (C=O) groups is 2. The summed E-state index contributed by atoms with van der Waals surface area (Å²) in [7, 11) is 0. The molecule has 30 heavy (non-hydrogen) atoms. The monoisotopic (exact) mass is 433 g/mol. The van der Waals surface area contributed by atoms with Gasteiger partial charge in [-0.3, -0.25) is 19.8 Å². The number of anilines is 1. The molecule has 1 aliphatic heterocycles. The van der Waals surface area contributed by atoms with Crippen molar-refractivity contribution in [2.75, 3.05) is 4.90 Å². The lowest BCUT2D eigenvalue weighted by atomic mass is 10.1. The largest absolute Gasteiger partial charge is 0.457 e. The van der Waals surface area contributed by atoms with E-state index in [1.165, 1.54) is 11.0 Å². The van der Waals surface area contributed by atoms with Crippen LogP contribution in [0.5, 0.6) is 0 Å². The minimum atomic E-state index is -0.621. The van der Waals surface area contributed by atoms with E-state index in [-0.39, 0.29) is 10.7 Å². The van der Waals surface area contributed by atoms with Crippen molar-refractivity contribution in [3.05, 3.63) is 82.6 Å². The molecule has 1 saturated heterocycles. The van der Waals surface area contributed by atoms with E-state index >= 15 is 0 Å². The molecule has 0 bridgehead atoms. The smallest absolute Gasteiger partial charge is 0.270 e. The minimum absolute atomic E-state index is 0.0482. The molecule has 0 saturated carbocycles. The quantitative estimate of drug-likeness (QED) is 0.378. The number of nitrogens with one attached hydrogen (secondary N) is 1. The van der Waals surface area contributed by atoms with Crippen molar-refractivity contribution in [3.63, 3.8) is 0 Å². The molecule has 0 atom stereocenters. The van der Waals surface area contributed by atoms with Crippen molar-refractivity contribution in [1.82, 2.24) is 5.32 Å². The molecular formula is C22H12ClN3O3S. The average Bonchev–Trinajstić information content (AvgIpc) is 3.21. The van der Waals surface area contributed by atoms with Crippen LogP contribution in [0.3, 0.4) is 0 Å². The second-order valence-corrected chi connectivity index (χ2v) is 7.09. The van der Waals surface area contributed by atoms with Gasteiger partial charge >= 0.3 is 0 Å². The van der Waals surface area contributed by atoms with Crippen LogP contribution >= 0.6 is 23.8 Å². The van der Waals surface area contributed by atoms with Gasteiger partial charge in [-0.15, -0.1) is 0 Å². The van der Waals surface area contributed by atoms with Crippen molar-refractivity contribution in [3.8, 4) is 17.4 Å². The number of para-hydroxylation sites is 1. The lowest BCUT2D eigenvalue weighted by molar-refractivity contribution is -0.122. The Balaban J connectivity index is 1.67. The summed E-state index contributed by atoms with van der Waals surface area (Å²) in [5.41, 5.74) is 1.53. The van der Waals surface area contributed by atoms with Crippen LogP contribution in [0, 0.1) is 11.3 Å².